The summed E-state index contributed by atoms with van der Waals surface area (Å²) in [5.74, 6) is -0.186. The lowest BCUT2D eigenvalue weighted by molar-refractivity contribution is -0.123. The first-order valence-corrected chi connectivity index (χ1v) is 9.41. The minimum atomic E-state index is -3.32. The molecule has 0 aromatic carbocycles. The van der Waals surface area contributed by atoms with Gasteiger partial charge in [0.25, 0.3) is 0 Å². The van der Waals surface area contributed by atoms with Crippen molar-refractivity contribution in [2.45, 2.75) is 58.4 Å². The van der Waals surface area contributed by atoms with Crippen LogP contribution in [0, 0.1) is 5.41 Å². The van der Waals surface area contributed by atoms with Crippen LogP contribution in [0.4, 0.5) is 0 Å². The number of nitrogens with one attached hydrogen (secondary N) is 2. The molecule has 0 aromatic heterocycles. The molecule has 132 valence electrons. The summed E-state index contributed by atoms with van der Waals surface area (Å²) in [4.78, 5) is 12.0. The maximum absolute atomic E-state index is 12.0. The minimum Gasteiger partial charge on any atom is -0.355 e. The van der Waals surface area contributed by atoms with E-state index < -0.39 is 10.0 Å². The normalized spacial score (nSPS) is 17.8. The Kier molecular flexibility index (Phi) is 9.54. The molecule has 6 nitrogen and oxygen atoms in total. The third-order valence-corrected chi connectivity index (χ3v) is 5.56. The zero-order valence-corrected chi connectivity index (χ0v) is 15.2. The Morgan fingerprint density at radius 1 is 1.23 bits per heavy atom. The van der Waals surface area contributed by atoms with Crippen LogP contribution < -0.4 is 15.8 Å². The second-order valence-electron chi connectivity index (χ2n) is 6.38. The van der Waals surface area contributed by atoms with Crippen LogP contribution >= 0.6 is 12.4 Å². The number of carbonyl (C=O) groups is 1. The van der Waals surface area contributed by atoms with E-state index in [2.05, 4.69) is 10.0 Å². The van der Waals surface area contributed by atoms with Gasteiger partial charge in [0.15, 0.2) is 0 Å². The number of carbonyl (C=O) groups excluding carboxylic acids is 1. The third kappa shape index (κ3) is 7.76. The maximum atomic E-state index is 12.0. The van der Waals surface area contributed by atoms with Crippen LogP contribution in [0.15, 0.2) is 0 Å². The van der Waals surface area contributed by atoms with E-state index in [1.54, 1.807) is 13.8 Å². The topological polar surface area (TPSA) is 101 Å². The van der Waals surface area contributed by atoms with Gasteiger partial charge in [-0.15, -0.1) is 12.4 Å². The Morgan fingerprint density at radius 3 is 2.32 bits per heavy atom. The first kappa shape index (κ1) is 21.6. The van der Waals surface area contributed by atoms with Crippen molar-refractivity contribution < 1.29 is 13.2 Å². The van der Waals surface area contributed by atoms with Crippen LogP contribution in [0.5, 0.6) is 0 Å². The van der Waals surface area contributed by atoms with Gasteiger partial charge in [0.05, 0.1) is 5.75 Å². The molecule has 0 radical (unpaired) electrons. The molecule has 0 aliphatic heterocycles. The second kappa shape index (κ2) is 9.70. The van der Waals surface area contributed by atoms with E-state index in [-0.39, 0.29) is 42.1 Å². The number of hydrogen-bond donors (Lipinski definition) is 3. The van der Waals surface area contributed by atoms with E-state index in [9.17, 15) is 13.2 Å². The van der Waals surface area contributed by atoms with Gasteiger partial charge < -0.3 is 11.1 Å². The Morgan fingerprint density at radius 2 is 1.82 bits per heavy atom. The van der Waals surface area contributed by atoms with Crippen molar-refractivity contribution in [1.82, 2.24) is 10.0 Å². The molecule has 0 heterocycles. The summed E-state index contributed by atoms with van der Waals surface area (Å²) in [7, 11) is -3.32. The van der Waals surface area contributed by atoms with Crippen LogP contribution in [-0.2, 0) is 14.8 Å². The lowest BCUT2D eigenvalue weighted by atomic mass is 9.72. The van der Waals surface area contributed by atoms with Crippen molar-refractivity contribution in [2.24, 2.45) is 11.1 Å². The molecule has 4 N–H and O–H groups in total. The summed E-state index contributed by atoms with van der Waals surface area (Å²) in [5, 5.41) is 2.70. The van der Waals surface area contributed by atoms with E-state index in [4.69, 9.17) is 5.73 Å². The summed E-state index contributed by atoms with van der Waals surface area (Å²) in [6.07, 6.45) is 5.84. The van der Waals surface area contributed by atoms with Gasteiger partial charge in [0.2, 0.25) is 15.9 Å². The highest BCUT2D eigenvalue weighted by Crippen LogP contribution is 2.38. The highest BCUT2D eigenvalue weighted by molar-refractivity contribution is 7.89. The van der Waals surface area contributed by atoms with Gasteiger partial charge in [-0.25, -0.2) is 13.1 Å². The molecule has 1 fully saturated rings. The Bertz CT molecular complexity index is 435. The minimum absolute atomic E-state index is 0. The van der Waals surface area contributed by atoms with Crippen molar-refractivity contribution >= 4 is 28.3 Å². The van der Waals surface area contributed by atoms with Crippen LogP contribution in [0.3, 0.4) is 0 Å². The predicted molar refractivity (Wildman–Crippen MR) is 91.5 cm³/mol. The molecule has 1 amide bonds. The molecule has 22 heavy (non-hydrogen) atoms. The zero-order valence-electron chi connectivity index (χ0n) is 13.6. The number of halogens is 1. The van der Waals surface area contributed by atoms with E-state index in [0.29, 0.717) is 13.0 Å². The number of hydrogen-bond acceptors (Lipinski definition) is 4. The maximum Gasteiger partial charge on any atom is 0.220 e. The van der Waals surface area contributed by atoms with Gasteiger partial charge in [-0.1, -0.05) is 19.3 Å². The molecule has 0 unspecified atom stereocenters. The average Bonchev–Trinajstić information content (AvgIpc) is 2.37. The van der Waals surface area contributed by atoms with Gasteiger partial charge in [-0.3, -0.25) is 4.79 Å². The summed E-state index contributed by atoms with van der Waals surface area (Å²) >= 11 is 0. The fraction of sp³-hybridized carbons (Fsp3) is 0.929. The monoisotopic (exact) mass is 355 g/mol. The molecule has 0 aromatic rings. The molecular weight excluding hydrogens is 326 g/mol. The molecule has 0 atom stereocenters. The number of nitrogens with two attached hydrogens (primary N) is 1. The largest absolute Gasteiger partial charge is 0.355 e. The van der Waals surface area contributed by atoms with Crippen LogP contribution in [0.2, 0.25) is 0 Å². The Balaban J connectivity index is 0.00000441. The van der Waals surface area contributed by atoms with Crippen molar-refractivity contribution in [3.05, 3.63) is 0 Å². The standard InChI is InChI=1S/C14H29N3O3S.ClH/c1-12(2)17-21(19,20)9-8-16-13(18)10-14(11-15)6-4-3-5-7-14;/h12,17H,3-11,15H2,1-2H3,(H,16,18);1H. The van der Waals surface area contributed by atoms with Gasteiger partial charge in [0.1, 0.15) is 0 Å². The first-order valence-electron chi connectivity index (χ1n) is 7.75. The number of rotatable bonds is 8. The Labute approximate surface area is 140 Å². The molecule has 1 aliphatic carbocycles. The molecule has 8 heteroatoms. The van der Waals surface area contributed by atoms with Crippen LogP contribution in [0.25, 0.3) is 0 Å². The lowest BCUT2D eigenvalue weighted by Crippen LogP contribution is -2.41. The molecular formula is C14H30ClN3O3S. The lowest BCUT2D eigenvalue weighted by Gasteiger charge is -2.35. The van der Waals surface area contributed by atoms with E-state index in [0.717, 1.165) is 25.7 Å². The second-order valence-corrected chi connectivity index (χ2v) is 8.26. The van der Waals surface area contributed by atoms with Gasteiger partial charge in [-0.05, 0) is 38.6 Å². The third-order valence-electron chi connectivity index (χ3n) is 3.99. The quantitative estimate of drug-likeness (QED) is 0.607. The molecule has 0 bridgehead atoms. The number of amides is 1. The van der Waals surface area contributed by atoms with Crippen molar-refractivity contribution in [3.63, 3.8) is 0 Å². The van der Waals surface area contributed by atoms with Gasteiger partial charge in [-0.2, -0.15) is 0 Å². The molecule has 0 saturated heterocycles. The summed E-state index contributed by atoms with van der Waals surface area (Å²) in [5.41, 5.74) is 5.77. The SMILES string of the molecule is CC(C)NS(=O)(=O)CCNC(=O)CC1(CN)CCCCC1.Cl. The molecule has 1 aliphatic rings. The van der Waals surface area contributed by atoms with Crippen molar-refractivity contribution in [3.8, 4) is 0 Å². The number of sulfonamides is 1. The smallest absolute Gasteiger partial charge is 0.220 e. The van der Waals surface area contributed by atoms with Crippen LogP contribution in [0.1, 0.15) is 52.4 Å². The fourth-order valence-corrected chi connectivity index (χ4v) is 4.11. The summed E-state index contributed by atoms with van der Waals surface area (Å²) in [6.45, 7) is 4.20. The first-order chi connectivity index (χ1) is 9.79. The average molecular weight is 356 g/mol. The highest BCUT2D eigenvalue weighted by atomic mass is 35.5. The van der Waals surface area contributed by atoms with E-state index in [1.165, 1.54) is 6.42 Å². The fourth-order valence-electron chi connectivity index (χ4n) is 2.90. The summed E-state index contributed by atoms with van der Waals surface area (Å²) < 4.78 is 25.8. The van der Waals surface area contributed by atoms with Crippen LogP contribution in [-0.4, -0.2) is 39.2 Å². The van der Waals surface area contributed by atoms with Crippen molar-refractivity contribution in [1.29, 1.82) is 0 Å². The van der Waals surface area contributed by atoms with Gasteiger partial charge >= 0.3 is 0 Å². The molecule has 1 saturated carbocycles. The van der Waals surface area contributed by atoms with E-state index in [1.807, 2.05) is 0 Å². The molecule has 0 spiro atoms. The summed E-state index contributed by atoms with van der Waals surface area (Å²) in [6, 6.07) is -0.131. The predicted octanol–water partition coefficient (Wildman–Crippen LogP) is 1.15. The highest BCUT2D eigenvalue weighted by Gasteiger charge is 2.32. The van der Waals surface area contributed by atoms with E-state index >= 15 is 0 Å². The molecule has 1 rings (SSSR count). The zero-order chi connectivity index (χ0) is 15.9. The van der Waals surface area contributed by atoms with Gasteiger partial charge in [0, 0.05) is 19.0 Å². The Hall–Kier alpha value is -0.370. The van der Waals surface area contributed by atoms with Crippen molar-refractivity contribution in [2.75, 3.05) is 18.8 Å².